The number of aromatic nitrogens is 2. The molecule has 0 bridgehead atoms. The minimum Gasteiger partial charge on any atom is -0.365 e. The lowest BCUT2D eigenvalue weighted by molar-refractivity contribution is -0.136. The number of ketones is 1. The Morgan fingerprint density at radius 3 is 2.52 bits per heavy atom. The minimum atomic E-state index is -0.731. The number of primary amides is 1. The van der Waals surface area contributed by atoms with E-state index in [2.05, 4.69) is 5.10 Å². The van der Waals surface area contributed by atoms with Gasteiger partial charge in [-0.05, 0) is 42.4 Å². The number of Topliss-reactive ketones (excluding diaryl/α,β-unsaturated/α-hetero) is 1. The Balaban J connectivity index is 1.80. The molecule has 0 saturated heterocycles. The summed E-state index contributed by atoms with van der Waals surface area (Å²) in [5.41, 5.74) is 6.69. The first-order valence-electron chi connectivity index (χ1n) is 11.1. The second-order valence-electron chi connectivity index (χ2n) is 10.2. The lowest BCUT2D eigenvalue weighted by Crippen LogP contribution is -2.45. The molecule has 2 heterocycles. The highest BCUT2D eigenvalue weighted by atomic mass is 35.5. The molecule has 9 heteroatoms. The summed E-state index contributed by atoms with van der Waals surface area (Å²) in [5.74, 6) is -1.08. The zero-order valence-electron chi connectivity index (χ0n) is 19.0. The summed E-state index contributed by atoms with van der Waals surface area (Å²) in [7, 11) is 0. The molecule has 33 heavy (non-hydrogen) atoms. The Bertz CT molecular complexity index is 1130. The molecule has 2 N–H and O–H groups in total. The predicted molar refractivity (Wildman–Crippen MR) is 122 cm³/mol. The summed E-state index contributed by atoms with van der Waals surface area (Å²) in [6.45, 7) is 6.22. The van der Waals surface area contributed by atoms with E-state index in [0.29, 0.717) is 30.0 Å². The van der Waals surface area contributed by atoms with Gasteiger partial charge in [0.15, 0.2) is 5.78 Å². The highest BCUT2D eigenvalue weighted by molar-refractivity contribution is 6.31. The molecule has 1 aromatic heterocycles. The van der Waals surface area contributed by atoms with Gasteiger partial charge in [-0.2, -0.15) is 5.10 Å². The van der Waals surface area contributed by atoms with E-state index in [4.69, 9.17) is 17.3 Å². The molecule has 1 aromatic carbocycles. The molecular weight excluding hydrogens is 447 g/mol. The standard InChI is InChI=1S/C24H28ClFN4O3/c1-24(2,3)10-20(32)29-11-17(19(31)8-13-4-5-13)30-18(12-29)21(23(27)33)22(28-30)14-6-7-16(26)15(25)9-14/h6-7,9,13,17H,4-5,8,10-12H2,1-3H3,(H2,27,33). The van der Waals surface area contributed by atoms with E-state index in [9.17, 15) is 18.8 Å². The van der Waals surface area contributed by atoms with Gasteiger partial charge >= 0.3 is 0 Å². The van der Waals surface area contributed by atoms with Gasteiger partial charge in [-0.1, -0.05) is 32.4 Å². The number of hydrogen-bond donors (Lipinski definition) is 1. The van der Waals surface area contributed by atoms with Crippen LogP contribution in [0.2, 0.25) is 5.02 Å². The SMILES string of the molecule is CC(C)(C)CC(=O)N1Cc2c(C(N)=O)c(-c3ccc(F)c(Cl)c3)nn2C(C(=O)CC2CC2)C1. The fourth-order valence-corrected chi connectivity index (χ4v) is 4.43. The van der Waals surface area contributed by atoms with Gasteiger partial charge in [-0.3, -0.25) is 19.1 Å². The quantitative estimate of drug-likeness (QED) is 0.680. The molecule has 4 rings (SSSR count). The number of nitrogens with zero attached hydrogens (tertiary/aromatic N) is 3. The second kappa shape index (κ2) is 8.56. The largest absolute Gasteiger partial charge is 0.365 e. The van der Waals surface area contributed by atoms with Crippen molar-refractivity contribution >= 4 is 29.2 Å². The summed E-state index contributed by atoms with van der Waals surface area (Å²) in [5, 5.41) is 4.47. The van der Waals surface area contributed by atoms with Crippen LogP contribution < -0.4 is 5.73 Å². The first-order chi connectivity index (χ1) is 15.4. The molecule has 2 amide bonds. The topological polar surface area (TPSA) is 98.3 Å². The summed E-state index contributed by atoms with van der Waals surface area (Å²) in [6.07, 6.45) is 2.75. The molecule has 2 aliphatic rings. The Labute approximate surface area is 197 Å². The number of fused-ring (bicyclic) bond motifs is 1. The lowest BCUT2D eigenvalue weighted by Gasteiger charge is -2.35. The lowest BCUT2D eigenvalue weighted by atomic mass is 9.91. The van der Waals surface area contributed by atoms with E-state index in [1.165, 1.54) is 22.9 Å². The van der Waals surface area contributed by atoms with Crippen molar-refractivity contribution in [3.63, 3.8) is 0 Å². The van der Waals surface area contributed by atoms with E-state index in [-0.39, 0.29) is 46.5 Å². The van der Waals surface area contributed by atoms with Crippen molar-refractivity contribution < 1.29 is 18.8 Å². The maximum atomic E-state index is 13.7. The number of rotatable bonds is 6. The molecule has 1 saturated carbocycles. The van der Waals surface area contributed by atoms with Crippen molar-refractivity contribution in [1.82, 2.24) is 14.7 Å². The number of benzene rings is 1. The Kier molecular flexibility index (Phi) is 6.07. The van der Waals surface area contributed by atoms with Gasteiger partial charge < -0.3 is 10.6 Å². The molecule has 7 nitrogen and oxygen atoms in total. The molecule has 176 valence electrons. The third-order valence-corrected chi connectivity index (χ3v) is 6.36. The molecule has 1 atom stereocenters. The third-order valence-electron chi connectivity index (χ3n) is 6.07. The number of carbonyl (C=O) groups is 3. The van der Waals surface area contributed by atoms with E-state index in [1.807, 2.05) is 20.8 Å². The molecule has 1 unspecified atom stereocenters. The second-order valence-corrected chi connectivity index (χ2v) is 10.7. The normalized spacial score (nSPS) is 18.2. The van der Waals surface area contributed by atoms with Gasteiger partial charge in [0.05, 0.1) is 29.4 Å². The fraction of sp³-hybridized carbons (Fsp3) is 0.500. The number of carbonyl (C=O) groups excluding carboxylic acids is 3. The van der Waals surface area contributed by atoms with Crippen molar-refractivity contribution in [3.8, 4) is 11.3 Å². The van der Waals surface area contributed by atoms with E-state index < -0.39 is 17.8 Å². The number of nitrogens with two attached hydrogens (primary N) is 1. The first kappa shape index (κ1) is 23.4. The summed E-state index contributed by atoms with van der Waals surface area (Å²) in [4.78, 5) is 40.4. The van der Waals surface area contributed by atoms with E-state index in [1.54, 1.807) is 4.90 Å². The van der Waals surface area contributed by atoms with Gasteiger partial charge in [0.2, 0.25) is 5.91 Å². The van der Waals surface area contributed by atoms with Crippen LogP contribution in [0.25, 0.3) is 11.3 Å². The molecule has 1 fully saturated rings. The maximum absolute atomic E-state index is 13.7. The highest BCUT2D eigenvalue weighted by Gasteiger charge is 2.39. The number of hydrogen-bond acceptors (Lipinski definition) is 4. The van der Waals surface area contributed by atoms with Crippen molar-refractivity contribution in [1.29, 1.82) is 0 Å². The van der Waals surface area contributed by atoms with Crippen molar-refractivity contribution in [2.75, 3.05) is 6.54 Å². The number of amides is 2. The zero-order chi connectivity index (χ0) is 24.1. The molecule has 0 spiro atoms. The van der Waals surface area contributed by atoms with Crippen LogP contribution >= 0.6 is 11.6 Å². The first-order valence-corrected chi connectivity index (χ1v) is 11.5. The third kappa shape index (κ3) is 4.95. The fourth-order valence-electron chi connectivity index (χ4n) is 4.25. The molecule has 1 aliphatic carbocycles. The van der Waals surface area contributed by atoms with Gasteiger partial charge in [-0.15, -0.1) is 0 Å². The Morgan fingerprint density at radius 2 is 1.94 bits per heavy atom. The Morgan fingerprint density at radius 1 is 1.24 bits per heavy atom. The van der Waals surface area contributed by atoms with E-state index in [0.717, 1.165) is 12.8 Å². The summed E-state index contributed by atoms with van der Waals surface area (Å²) >= 11 is 5.96. The highest BCUT2D eigenvalue weighted by Crippen LogP contribution is 2.38. The van der Waals surface area contributed by atoms with Crippen LogP contribution in [0.15, 0.2) is 18.2 Å². The zero-order valence-corrected chi connectivity index (χ0v) is 19.8. The summed E-state index contributed by atoms with van der Waals surface area (Å²) < 4.78 is 15.3. The van der Waals surface area contributed by atoms with Crippen LogP contribution in [-0.4, -0.2) is 38.8 Å². The smallest absolute Gasteiger partial charge is 0.252 e. The minimum absolute atomic E-state index is 0.0192. The average Bonchev–Trinajstić information content (AvgIpc) is 3.43. The molecule has 2 aromatic rings. The van der Waals surface area contributed by atoms with Gasteiger partial charge in [0.1, 0.15) is 17.6 Å². The van der Waals surface area contributed by atoms with Crippen LogP contribution in [0.3, 0.4) is 0 Å². The van der Waals surface area contributed by atoms with Crippen molar-refractivity contribution in [3.05, 3.63) is 40.3 Å². The van der Waals surface area contributed by atoms with Crippen LogP contribution in [0.5, 0.6) is 0 Å². The van der Waals surface area contributed by atoms with Crippen molar-refractivity contribution in [2.45, 2.75) is 59.0 Å². The van der Waals surface area contributed by atoms with Crippen LogP contribution in [0.1, 0.15) is 68.5 Å². The van der Waals surface area contributed by atoms with Gasteiger partial charge in [0, 0.05) is 18.4 Å². The summed E-state index contributed by atoms with van der Waals surface area (Å²) in [6, 6.07) is 3.32. The van der Waals surface area contributed by atoms with Crippen LogP contribution in [0, 0.1) is 17.2 Å². The monoisotopic (exact) mass is 474 g/mol. The van der Waals surface area contributed by atoms with Gasteiger partial charge in [0.25, 0.3) is 5.91 Å². The predicted octanol–water partition coefficient (Wildman–Crippen LogP) is 4.13. The van der Waals surface area contributed by atoms with Crippen molar-refractivity contribution in [2.24, 2.45) is 17.1 Å². The molecule has 1 aliphatic heterocycles. The Hall–Kier alpha value is -2.74. The molecular formula is C24H28ClFN4O3. The average molecular weight is 475 g/mol. The molecule has 0 radical (unpaired) electrons. The van der Waals surface area contributed by atoms with Gasteiger partial charge in [-0.25, -0.2) is 4.39 Å². The van der Waals surface area contributed by atoms with Crippen LogP contribution in [0.4, 0.5) is 4.39 Å². The van der Waals surface area contributed by atoms with E-state index >= 15 is 0 Å². The number of halogens is 2. The maximum Gasteiger partial charge on any atom is 0.252 e. The van der Waals surface area contributed by atoms with Crippen LogP contribution in [-0.2, 0) is 16.1 Å².